The fraction of sp³-hybridized carbons (Fsp3) is 0.385. The van der Waals surface area contributed by atoms with Crippen LogP contribution in [0.25, 0.3) is 6.08 Å². The summed E-state index contributed by atoms with van der Waals surface area (Å²) < 4.78 is 25.4. The zero-order valence-electron chi connectivity index (χ0n) is 11.3. The standard InChI is InChI=1S/C9H7F2NO2.2C2H6/c1-6(12(13)14)4-7-2-3-8(10)5-9(7)11;2*1-2/h2-5H,1H3;2*1-2H3/b6-4+;;. The summed E-state index contributed by atoms with van der Waals surface area (Å²) in [5, 5.41) is 10.2. The van der Waals surface area contributed by atoms with E-state index in [4.69, 9.17) is 0 Å². The van der Waals surface area contributed by atoms with Crippen molar-refractivity contribution in [3.63, 3.8) is 0 Å². The number of allylic oxidation sites excluding steroid dienone is 1. The van der Waals surface area contributed by atoms with Gasteiger partial charge in [0.15, 0.2) is 0 Å². The summed E-state index contributed by atoms with van der Waals surface area (Å²) in [6.07, 6.45) is 1.05. The molecular weight excluding hydrogens is 240 g/mol. The number of rotatable bonds is 2. The van der Waals surface area contributed by atoms with Crippen LogP contribution in [0.3, 0.4) is 0 Å². The normalized spacial score (nSPS) is 9.61. The number of hydrogen-bond donors (Lipinski definition) is 0. The second kappa shape index (κ2) is 10.4. The van der Waals surface area contributed by atoms with E-state index in [0.717, 1.165) is 18.2 Å². The van der Waals surface area contributed by atoms with Gasteiger partial charge >= 0.3 is 0 Å². The predicted octanol–water partition coefficient (Wildman–Crippen LogP) is 4.65. The van der Waals surface area contributed by atoms with Crippen LogP contribution in [-0.4, -0.2) is 4.92 Å². The van der Waals surface area contributed by atoms with Crippen molar-refractivity contribution >= 4 is 6.08 Å². The van der Waals surface area contributed by atoms with Gasteiger partial charge in [-0.05, 0) is 12.1 Å². The van der Waals surface area contributed by atoms with Crippen LogP contribution in [0.5, 0.6) is 0 Å². The minimum absolute atomic E-state index is 0.000556. The van der Waals surface area contributed by atoms with Gasteiger partial charge in [0.2, 0.25) is 5.70 Å². The Balaban J connectivity index is 0. The van der Waals surface area contributed by atoms with Gasteiger partial charge in [0.05, 0.1) is 4.92 Å². The third kappa shape index (κ3) is 6.73. The Labute approximate surface area is 106 Å². The van der Waals surface area contributed by atoms with E-state index in [1.54, 1.807) is 0 Å². The van der Waals surface area contributed by atoms with Gasteiger partial charge in [-0.15, -0.1) is 0 Å². The fourth-order valence-electron chi connectivity index (χ4n) is 0.896. The van der Waals surface area contributed by atoms with Crippen molar-refractivity contribution in [3.05, 3.63) is 51.2 Å². The molecule has 0 N–H and O–H groups in total. The number of benzene rings is 1. The van der Waals surface area contributed by atoms with Crippen LogP contribution in [0, 0.1) is 21.7 Å². The molecule has 1 rings (SSSR count). The van der Waals surface area contributed by atoms with Crippen molar-refractivity contribution in [2.45, 2.75) is 34.6 Å². The summed E-state index contributed by atoms with van der Waals surface area (Å²) in [5.74, 6) is -1.52. The first kappa shape index (κ1) is 18.6. The quantitative estimate of drug-likeness (QED) is 0.573. The molecule has 3 nitrogen and oxygen atoms in total. The Morgan fingerprint density at radius 3 is 2.11 bits per heavy atom. The first-order valence-corrected chi connectivity index (χ1v) is 5.78. The van der Waals surface area contributed by atoms with Gasteiger partial charge in [-0.25, -0.2) is 8.78 Å². The molecule has 0 aliphatic rings. The van der Waals surface area contributed by atoms with Crippen molar-refractivity contribution in [1.29, 1.82) is 0 Å². The maximum absolute atomic E-state index is 13.0. The zero-order chi connectivity index (χ0) is 14.7. The number of halogens is 2. The molecule has 0 aliphatic carbocycles. The number of hydrogen-bond acceptors (Lipinski definition) is 2. The Hall–Kier alpha value is -1.78. The zero-order valence-corrected chi connectivity index (χ0v) is 11.3. The third-order valence-corrected chi connectivity index (χ3v) is 1.61. The molecule has 0 atom stereocenters. The molecule has 0 saturated carbocycles. The molecule has 18 heavy (non-hydrogen) atoms. The number of nitro groups is 1. The van der Waals surface area contributed by atoms with E-state index < -0.39 is 16.6 Å². The SMILES string of the molecule is C/C(=C\c1ccc(F)cc1F)[N+](=O)[O-].CC.CC. The lowest BCUT2D eigenvalue weighted by Crippen LogP contribution is -1.94. The molecule has 102 valence electrons. The highest BCUT2D eigenvalue weighted by molar-refractivity contribution is 5.51. The lowest BCUT2D eigenvalue weighted by atomic mass is 10.2. The fourth-order valence-corrected chi connectivity index (χ4v) is 0.896. The lowest BCUT2D eigenvalue weighted by Gasteiger charge is -1.96. The highest BCUT2D eigenvalue weighted by Crippen LogP contribution is 2.13. The van der Waals surface area contributed by atoms with Crippen molar-refractivity contribution in [2.24, 2.45) is 0 Å². The average molecular weight is 259 g/mol. The van der Waals surface area contributed by atoms with Gasteiger partial charge in [-0.3, -0.25) is 10.1 Å². The summed E-state index contributed by atoms with van der Waals surface area (Å²) in [4.78, 5) is 9.59. The van der Waals surface area contributed by atoms with E-state index in [-0.39, 0.29) is 11.3 Å². The molecule has 1 aromatic carbocycles. The van der Waals surface area contributed by atoms with Crippen LogP contribution < -0.4 is 0 Å². The van der Waals surface area contributed by atoms with E-state index in [9.17, 15) is 18.9 Å². The van der Waals surface area contributed by atoms with E-state index >= 15 is 0 Å². The smallest absolute Gasteiger partial charge is 0.243 e. The van der Waals surface area contributed by atoms with Crippen LogP contribution in [0.2, 0.25) is 0 Å². The van der Waals surface area contributed by atoms with E-state index in [1.165, 1.54) is 6.92 Å². The topological polar surface area (TPSA) is 43.1 Å². The summed E-state index contributed by atoms with van der Waals surface area (Å²) in [5.41, 5.74) is -0.198. The summed E-state index contributed by atoms with van der Waals surface area (Å²) in [6.45, 7) is 9.24. The maximum Gasteiger partial charge on any atom is 0.243 e. The summed E-state index contributed by atoms with van der Waals surface area (Å²) >= 11 is 0. The molecule has 0 heterocycles. The largest absolute Gasteiger partial charge is 0.259 e. The van der Waals surface area contributed by atoms with Gasteiger partial charge in [0.1, 0.15) is 11.6 Å². The van der Waals surface area contributed by atoms with Crippen LogP contribution >= 0.6 is 0 Å². The van der Waals surface area contributed by atoms with Gasteiger partial charge in [0, 0.05) is 24.6 Å². The van der Waals surface area contributed by atoms with Crippen molar-refractivity contribution in [1.82, 2.24) is 0 Å². The first-order chi connectivity index (χ1) is 8.50. The van der Waals surface area contributed by atoms with Crippen molar-refractivity contribution < 1.29 is 13.7 Å². The molecule has 0 unspecified atom stereocenters. The highest BCUT2D eigenvalue weighted by atomic mass is 19.1. The molecular formula is C13H19F2NO2. The van der Waals surface area contributed by atoms with E-state index in [2.05, 4.69) is 0 Å². The van der Waals surface area contributed by atoms with Crippen LogP contribution in [0.4, 0.5) is 8.78 Å². The molecule has 0 amide bonds. The first-order valence-electron chi connectivity index (χ1n) is 5.78. The maximum atomic E-state index is 13.0. The molecule has 0 saturated heterocycles. The molecule has 5 heteroatoms. The van der Waals surface area contributed by atoms with Crippen molar-refractivity contribution in [2.75, 3.05) is 0 Å². The third-order valence-electron chi connectivity index (χ3n) is 1.61. The average Bonchev–Trinajstić information content (AvgIpc) is 2.37. The molecule has 0 aliphatic heterocycles. The Morgan fingerprint density at radius 2 is 1.72 bits per heavy atom. The molecule has 1 aromatic rings. The van der Waals surface area contributed by atoms with E-state index in [0.29, 0.717) is 6.07 Å². The molecule has 0 aromatic heterocycles. The van der Waals surface area contributed by atoms with Crippen LogP contribution in [0.1, 0.15) is 40.2 Å². The second-order valence-corrected chi connectivity index (χ2v) is 2.71. The monoisotopic (exact) mass is 259 g/mol. The Morgan fingerprint density at radius 1 is 1.22 bits per heavy atom. The summed E-state index contributed by atoms with van der Waals surface area (Å²) in [7, 11) is 0. The minimum atomic E-state index is -0.814. The highest BCUT2D eigenvalue weighted by Gasteiger charge is 2.06. The van der Waals surface area contributed by atoms with Gasteiger partial charge in [0.25, 0.3) is 0 Å². The molecule has 0 spiro atoms. The second-order valence-electron chi connectivity index (χ2n) is 2.71. The van der Waals surface area contributed by atoms with Crippen LogP contribution in [0.15, 0.2) is 23.9 Å². The van der Waals surface area contributed by atoms with E-state index in [1.807, 2.05) is 27.7 Å². The lowest BCUT2D eigenvalue weighted by molar-refractivity contribution is -0.422. The van der Waals surface area contributed by atoms with Gasteiger partial charge in [-0.1, -0.05) is 27.7 Å². The number of nitrogens with zero attached hydrogens (tertiary/aromatic N) is 1. The van der Waals surface area contributed by atoms with Crippen molar-refractivity contribution in [3.8, 4) is 0 Å². The molecule has 0 radical (unpaired) electrons. The summed E-state index contributed by atoms with van der Waals surface area (Å²) in [6, 6.07) is 2.87. The van der Waals surface area contributed by atoms with Gasteiger partial charge < -0.3 is 0 Å². The Bertz CT molecular complexity index is 404. The Kier molecular flexibility index (Phi) is 10.7. The molecule has 0 bridgehead atoms. The van der Waals surface area contributed by atoms with Crippen LogP contribution in [-0.2, 0) is 0 Å². The molecule has 0 fully saturated rings. The van der Waals surface area contributed by atoms with Gasteiger partial charge in [-0.2, -0.15) is 0 Å². The minimum Gasteiger partial charge on any atom is -0.259 e. The predicted molar refractivity (Wildman–Crippen MR) is 69.7 cm³/mol.